The molecule has 3 rings (SSSR count). The average molecular weight is 261 g/mol. The Morgan fingerprint density at radius 3 is 2.68 bits per heavy atom. The van der Waals surface area contributed by atoms with Gasteiger partial charge in [-0.3, -0.25) is 4.79 Å². The molecule has 4 nitrogen and oxygen atoms in total. The molecule has 1 N–H and O–H groups in total. The molecular weight excluding hydrogens is 245 g/mol. The summed E-state index contributed by atoms with van der Waals surface area (Å²) < 4.78 is 13.6. The minimum atomic E-state index is -0.407. The molecule has 0 radical (unpaired) electrons. The first-order valence-corrected chi connectivity index (χ1v) is 6.67. The minimum absolute atomic E-state index is 0.112. The lowest BCUT2D eigenvalue weighted by atomic mass is 10.1. The SMILES string of the molecule is O=C(c1cc(F)cc2[nH]cnc12)N1CCCCCC1. The average Bonchev–Trinajstić information content (AvgIpc) is 2.70. The Kier molecular flexibility index (Phi) is 3.19. The number of imidazole rings is 1. The second-order valence-electron chi connectivity index (χ2n) is 4.96. The predicted molar refractivity (Wildman–Crippen MR) is 70.4 cm³/mol. The first-order valence-electron chi connectivity index (χ1n) is 6.67. The number of nitrogens with one attached hydrogen (secondary N) is 1. The maximum Gasteiger partial charge on any atom is 0.256 e. The van der Waals surface area contributed by atoms with Crippen LogP contribution in [0.4, 0.5) is 4.39 Å². The van der Waals surface area contributed by atoms with Gasteiger partial charge in [-0.25, -0.2) is 9.37 Å². The lowest BCUT2D eigenvalue weighted by Gasteiger charge is -2.20. The Morgan fingerprint density at radius 2 is 1.95 bits per heavy atom. The molecule has 0 spiro atoms. The number of amides is 1. The van der Waals surface area contributed by atoms with Gasteiger partial charge < -0.3 is 9.88 Å². The van der Waals surface area contributed by atoms with E-state index in [1.165, 1.54) is 18.5 Å². The second-order valence-corrected chi connectivity index (χ2v) is 4.96. The molecule has 0 saturated carbocycles. The van der Waals surface area contributed by atoms with E-state index in [2.05, 4.69) is 9.97 Å². The zero-order valence-electron chi connectivity index (χ0n) is 10.7. The molecular formula is C14H16FN3O. The molecule has 0 aliphatic carbocycles. The van der Waals surface area contributed by atoms with E-state index in [4.69, 9.17) is 0 Å². The van der Waals surface area contributed by atoms with E-state index in [9.17, 15) is 9.18 Å². The molecule has 1 fully saturated rings. The van der Waals surface area contributed by atoms with Gasteiger partial charge in [0.2, 0.25) is 0 Å². The van der Waals surface area contributed by atoms with E-state index in [-0.39, 0.29) is 5.91 Å². The van der Waals surface area contributed by atoms with E-state index in [0.29, 0.717) is 16.6 Å². The van der Waals surface area contributed by atoms with Crippen molar-refractivity contribution in [3.8, 4) is 0 Å². The van der Waals surface area contributed by atoms with Crippen LogP contribution in [0.15, 0.2) is 18.5 Å². The van der Waals surface area contributed by atoms with Crippen LogP contribution in [-0.4, -0.2) is 33.9 Å². The fourth-order valence-corrected chi connectivity index (χ4v) is 2.62. The summed E-state index contributed by atoms with van der Waals surface area (Å²) in [4.78, 5) is 21.3. The molecule has 5 heteroatoms. The molecule has 100 valence electrons. The number of halogens is 1. The molecule has 1 aromatic carbocycles. The van der Waals surface area contributed by atoms with Crippen molar-refractivity contribution in [2.24, 2.45) is 0 Å². The van der Waals surface area contributed by atoms with Gasteiger partial charge in [0, 0.05) is 13.1 Å². The van der Waals surface area contributed by atoms with Crippen LogP contribution in [0.25, 0.3) is 11.0 Å². The van der Waals surface area contributed by atoms with Gasteiger partial charge >= 0.3 is 0 Å². The van der Waals surface area contributed by atoms with Crippen molar-refractivity contribution in [3.63, 3.8) is 0 Å². The van der Waals surface area contributed by atoms with Gasteiger partial charge in [0.25, 0.3) is 5.91 Å². The highest BCUT2D eigenvalue weighted by atomic mass is 19.1. The minimum Gasteiger partial charge on any atom is -0.344 e. The van der Waals surface area contributed by atoms with Crippen LogP contribution >= 0.6 is 0 Å². The van der Waals surface area contributed by atoms with Crippen molar-refractivity contribution < 1.29 is 9.18 Å². The third-order valence-corrected chi connectivity index (χ3v) is 3.61. The number of likely N-dealkylation sites (tertiary alicyclic amines) is 1. The number of carbonyl (C=O) groups excluding carboxylic acids is 1. The van der Waals surface area contributed by atoms with E-state index >= 15 is 0 Å². The van der Waals surface area contributed by atoms with E-state index < -0.39 is 5.82 Å². The molecule has 0 atom stereocenters. The number of fused-ring (bicyclic) bond motifs is 1. The molecule has 19 heavy (non-hydrogen) atoms. The monoisotopic (exact) mass is 261 g/mol. The van der Waals surface area contributed by atoms with Crippen molar-refractivity contribution >= 4 is 16.9 Å². The van der Waals surface area contributed by atoms with Crippen LogP contribution in [0.5, 0.6) is 0 Å². The van der Waals surface area contributed by atoms with Crippen LogP contribution in [-0.2, 0) is 0 Å². The molecule has 1 aromatic heterocycles. The van der Waals surface area contributed by atoms with Crippen LogP contribution in [0, 0.1) is 5.82 Å². The number of carbonyl (C=O) groups is 1. The van der Waals surface area contributed by atoms with Crippen LogP contribution in [0.1, 0.15) is 36.0 Å². The highest BCUT2D eigenvalue weighted by molar-refractivity contribution is 6.04. The zero-order valence-corrected chi connectivity index (χ0v) is 10.7. The lowest BCUT2D eigenvalue weighted by molar-refractivity contribution is 0.0763. The highest BCUT2D eigenvalue weighted by Gasteiger charge is 2.21. The maximum absolute atomic E-state index is 13.6. The standard InChI is InChI=1S/C14H16FN3O/c15-10-7-11(13-12(8-10)16-9-17-13)14(19)18-5-3-1-2-4-6-18/h7-9H,1-6H2,(H,16,17). The smallest absolute Gasteiger partial charge is 0.256 e. The molecule has 2 heterocycles. The third kappa shape index (κ3) is 2.32. The van der Waals surface area contributed by atoms with Gasteiger partial charge in [-0.2, -0.15) is 0 Å². The number of H-pyrrole nitrogens is 1. The molecule has 1 aliphatic rings. The van der Waals surface area contributed by atoms with E-state index in [0.717, 1.165) is 38.8 Å². The Hall–Kier alpha value is -1.91. The van der Waals surface area contributed by atoms with Crippen LogP contribution in [0.3, 0.4) is 0 Å². The quantitative estimate of drug-likeness (QED) is 0.858. The topological polar surface area (TPSA) is 49.0 Å². The number of benzene rings is 1. The summed E-state index contributed by atoms with van der Waals surface area (Å²) >= 11 is 0. The van der Waals surface area contributed by atoms with Crippen molar-refractivity contribution in [2.75, 3.05) is 13.1 Å². The Morgan fingerprint density at radius 1 is 1.21 bits per heavy atom. The normalized spacial score (nSPS) is 16.6. The molecule has 0 unspecified atom stereocenters. The van der Waals surface area contributed by atoms with Gasteiger partial charge in [-0.15, -0.1) is 0 Å². The van der Waals surface area contributed by atoms with Gasteiger partial charge in [-0.05, 0) is 25.0 Å². The summed E-state index contributed by atoms with van der Waals surface area (Å²) in [6.45, 7) is 1.50. The predicted octanol–water partition coefficient (Wildman–Crippen LogP) is 2.72. The Labute approximate surface area is 110 Å². The molecule has 1 amide bonds. The Bertz CT molecular complexity index is 600. The number of hydrogen-bond donors (Lipinski definition) is 1. The zero-order chi connectivity index (χ0) is 13.2. The fraction of sp³-hybridized carbons (Fsp3) is 0.429. The summed E-state index contributed by atoms with van der Waals surface area (Å²) in [5.74, 6) is -0.520. The summed E-state index contributed by atoms with van der Waals surface area (Å²) in [5, 5.41) is 0. The largest absolute Gasteiger partial charge is 0.344 e. The van der Waals surface area contributed by atoms with Gasteiger partial charge in [0.05, 0.1) is 17.4 Å². The van der Waals surface area contributed by atoms with Gasteiger partial charge in [0.1, 0.15) is 11.3 Å². The summed E-state index contributed by atoms with van der Waals surface area (Å²) in [7, 11) is 0. The van der Waals surface area contributed by atoms with Crippen molar-refractivity contribution in [1.82, 2.24) is 14.9 Å². The second kappa shape index (κ2) is 4.99. The Balaban J connectivity index is 1.98. The van der Waals surface area contributed by atoms with Gasteiger partial charge in [0.15, 0.2) is 0 Å². The van der Waals surface area contributed by atoms with Crippen molar-refractivity contribution in [3.05, 3.63) is 29.8 Å². The molecule has 0 bridgehead atoms. The summed E-state index contributed by atoms with van der Waals surface area (Å²) in [6, 6.07) is 2.65. The molecule has 1 saturated heterocycles. The number of rotatable bonds is 1. The lowest BCUT2D eigenvalue weighted by Crippen LogP contribution is -2.32. The maximum atomic E-state index is 13.6. The van der Waals surface area contributed by atoms with Crippen LogP contribution in [0.2, 0.25) is 0 Å². The number of aromatic amines is 1. The molecule has 2 aromatic rings. The fourth-order valence-electron chi connectivity index (χ4n) is 2.62. The first-order chi connectivity index (χ1) is 9.25. The summed E-state index contributed by atoms with van der Waals surface area (Å²) in [6.07, 6.45) is 5.84. The number of nitrogens with zero attached hydrogens (tertiary/aromatic N) is 2. The molecule has 1 aliphatic heterocycles. The third-order valence-electron chi connectivity index (χ3n) is 3.61. The van der Waals surface area contributed by atoms with Crippen molar-refractivity contribution in [2.45, 2.75) is 25.7 Å². The van der Waals surface area contributed by atoms with Gasteiger partial charge in [-0.1, -0.05) is 12.8 Å². The van der Waals surface area contributed by atoms with Crippen molar-refractivity contribution in [1.29, 1.82) is 0 Å². The summed E-state index contributed by atoms with van der Waals surface area (Å²) in [5.41, 5.74) is 1.48. The number of hydrogen-bond acceptors (Lipinski definition) is 2. The van der Waals surface area contributed by atoms with E-state index in [1.807, 2.05) is 4.90 Å². The first kappa shape index (κ1) is 12.1. The van der Waals surface area contributed by atoms with Crippen LogP contribution < -0.4 is 0 Å². The van der Waals surface area contributed by atoms with E-state index in [1.54, 1.807) is 0 Å². The number of aromatic nitrogens is 2. The highest BCUT2D eigenvalue weighted by Crippen LogP contribution is 2.20.